The number of alkyl halides is 1. The van der Waals surface area contributed by atoms with Crippen LogP contribution in [0.25, 0.3) is 0 Å². The van der Waals surface area contributed by atoms with Crippen LogP contribution in [0.1, 0.15) is 10.4 Å². The molecule has 0 aliphatic heterocycles. The van der Waals surface area contributed by atoms with Crippen LogP contribution in [0, 0.1) is 0 Å². The lowest BCUT2D eigenvalue weighted by atomic mass is 10.2. The van der Waals surface area contributed by atoms with Crippen LogP contribution in [0.5, 0.6) is 11.8 Å². The predicted molar refractivity (Wildman–Crippen MR) is 93.3 cm³/mol. The minimum absolute atomic E-state index is 0.240. The molecule has 0 saturated carbocycles. The molecule has 1 aromatic heterocycles. The number of anilines is 1. The number of aromatic hydroxyl groups is 2. The number of rotatable bonds is 5. The number of carboxylic acids is 1. The van der Waals surface area contributed by atoms with Gasteiger partial charge >= 0.3 is 19.0 Å². The SMILES string of the molecule is O=C(O)c1ccccc1NC(=O)C(I)(n1c(O)ccc1O)S(=O)(=O)O. The van der Waals surface area contributed by atoms with Crippen LogP contribution < -0.4 is 5.32 Å². The predicted octanol–water partition coefficient (Wildman–Crippen LogP) is 1.17. The molecule has 0 aliphatic rings. The number of aromatic carboxylic acids is 1. The molecule has 1 unspecified atom stereocenters. The van der Waals surface area contributed by atoms with Crippen molar-refractivity contribution in [2.75, 3.05) is 5.32 Å². The maximum Gasteiger partial charge on any atom is 0.337 e. The summed E-state index contributed by atoms with van der Waals surface area (Å²) in [4.78, 5) is 23.7. The monoisotopic (exact) mass is 482 g/mol. The van der Waals surface area contributed by atoms with Gasteiger partial charge < -0.3 is 20.6 Å². The highest BCUT2D eigenvalue weighted by Gasteiger charge is 2.52. The van der Waals surface area contributed by atoms with E-state index in [4.69, 9.17) is 5.11 Å². The molecule has 0 spiro atoms. The second kappa shape index (κ2) is 6.53. The standard InChI is InChI=1S/C13H11IN2O8S/c14-13(25(22,23)24,16-9(17)5-6-10(16)18)12(21)15-8-4-2-1-3-7(8)11(19)20/h1-6,17-18H,(H,15,21)(H,19,20)(H,22,23,24). The molecule has 0 radical (unpaired) electrons. The van der Waals surface area contributed by atoms with Crippen molar-refractivity contribution in [3.05, 3.63) is 42.0 Å². The van der Waals surface area contributed by atoms with Gasteiger partial charge in [0.05, 0.1) is 11.3 Å². The van der Waals surface area contributed by atoms with Gasteiger partial charge in [0.1, 0.15) is 0 Å². The summed E-state index contributed by atoms with van der Waals surface area (Å²) in [5.74, 6) is -4.42. The maximum atomic E-state index is 12.6. The highest BCUT2D eigenvalue weighted by atomic mass is 127. The first-order valence-electron chi connectivity index (χ1n) is 6.40. The minimum atomic E-state index is -5.21. The zero-order valence-electron chi connectivity index (χ0n) is 12.1. The Balaban J connectivity index is 2.59. The number of aromatic nitrogens is 1. The van der Waals surface area contributed by atoms with Crippen molar-refractivity contribution in [2.45, 2.75) is 2.88 Å². The van der Waals surface area contributed by atoms with E-state index < -0.39 is 36.6 Å². The molecule has 25 heavy (non-hydrogen) atoms. The molecule has 1 atom stereocenters. The maximum absolute atomic E-state index is 12.6. The quantitative estimate of drug-likeness (QED) is 0.241. The van der Waals surface area contributed by atoms with Gasteiger partial charge in [-0.15, -0.1) is 0 Å². The number of hydrogen-bond acceptors (Lipinski definition) is 6. The summed E-state index contributed by atoms with van der Waals surface area (Å²) in [5, 5.41) is 30.7. The molecule has 1 aromatic carbocycles. The fourth-order valence-electron chi connectivity index (χ4n) is 2.02. The number of hydrogen-bond donors (Lipinski definition) is 5. The van der Waals surface area contributed by atoms with Crippen molar-refractivity contribution in [2.24, 2.45) is 0 Å². The first-order chi connectivity index (χ1) is 11.5. The number of amides is 1. The second-order valence-corrected chi connectivity index (χ2v) is 8.56. The Bertz CT molecular complexity index is 935. The number of carbonyl (C=O) groups is 2. The Morgan fingerprint density at radius 1 is 1.08 bits per heavy atom. The van der Waals surface area contributed by atoms with Crippen molar-refractivity contribution < 1.29 is 37.9 Å². The van der Waals surface area contributed by atoms with E-state index in [1.54, 1.807) is 0 Å². The molecule has 2 rings (SSSR count). The lowest BCUT2D eigenvalue weighted by Crippen LogP contribution is -2.46. The summed E-state index contributed by atoms with van der Waals surface area (Å²) in [6, 6.07) is 6.99. The molecular weight excluding hydrogens is 471 g/mol. The van der Waals surface area contributed by atoms with Crippen molar-refractivity contribution in [1.29, 1.82) is 0 Å². The van der Waals surface area contributed by atoms with Crippen LogP contribution in [-0.2, 0) is 17.8 Å². The lowest BCUT2D eigenvalue weighted by molar-refractivity contribution is -0.118. The summed E-state index contributed by atoms with van der Waals surface area (Å²) >= 11 is 1.02. The number of nitrogens with zero attached hydrogens (tertiary/aromatic N) is 1. The fourth-order valence-corrected chi connectivity index (χ4v) is 3.35. The molecular formula is C13H11IN2O8S. The average Bonchev–Trinajstić information content (AvgIpc) is 2.85. The van der Waals surface area contributed by atoms with Crippen molar-refractivity contribution in [3.8, 4) is 11.8 Å². The molecule has 0 fully saturated rings. The number of benzene rings is 1. The largest absolute Gasteiger partial charge is 0.494 e. The summed E-state index contributed by atoms with van der Waals surface area (Å²) in [6.07, 6.45) is 0. The highest BCUT2D eigenvalue weighted by Crippen LogP contribution is 2.41. The Hall–Kier alpha value is -2.32. The van der Waals surface area contributed by atoms with Crippen LogP contribution >= 0.6 is 22.6 Å². The van der Waals surface area contributed by atoms with Gasteiger partial charge in [-0.2, -0.15) is 8.42 Å². The molecule has 0 bridgehead atoms. The third-order valence-corrected chi connectivity index (χ3v) is 6.85. The van der Waals surface area contributed by atoms with Gasteiger partial charge in [-0.05, 0) is 34.7 Å². The van der Waals surface area contributed by atoms with Crippen LogP contribution in [-0.4, -0.2) is 44.7 Å². The van der Waals surface area contributed by atoms with Crippen molar-refractivity contribution in [3.63, 3.8) is 0 Å². The summed E-state index contributed by atoms with van der Waals surface area (Å²) < 4.78 is 30.6. The van der Waals surface area contributed by atoms with E-state index in [2.05, 4.69) is 5.32 Å². The van der Waals surface area contributed by atoms with Gasteiger partial charge in [0.25, 0.3) is 5.91 Å². The lowest BCUT2D eigenvalue weighted by Gasteiger charge is -2.26. The zero-order valence-corrected chi connectivity index (χ0v) is 15.1. The Labute approximate surface area is 154 Å². The van der Waals surface area contributed by atoms with E-state index in [9.17, 15) is 32.8 Å². The van der Waals surface area contributed by atoms with E-state index in [1.165, 1.54) is 24.3 Å². The highest BCUT2D eigenvalue weighted by molar-refractivity contribution is 14.1. The molecule has 134 valence electrons. The number of nitrogens with one attached hydrogen (secondary N) is 1. The Morgan fingerprint density at radius 3 is 2.08 bits per heavy atom. The molecule has 1 heterocycles. The molecule has 0 aliphatic carbocycles. The Kier molecular flexibility index (Phi) is 4.97. The van der Waals surface area contributed by atoms with Crippen LogP contribution in [0.15, 0.2) is 36.4 Å². The third-order valence-electron chi connectivity index (χ3n) is 3.15. The minimum Gasteiger partial charge on any atom is -0.494 e. The first-order valence-corrected chi connectivity index (χ1v) is 8.92. The van der Waals surface area contributed by atoms with E-state index in [0.717, 1.165) is 34.7 Å². The van der Waals surface area contributed by atoms with Crippen LogP contribution in [0.2, 0.25) is 0 Å². The molecule has 10 nitrogen and oxygen atoms in total. The first kappa shape index (κ1) is 19.0. The van der Waals surface area contributed by atoms with Crippen molar-refractivity contribution in [1.82, 2.24) is 4.57 Å². The van der Waals surface area contributed by atoms with Crippen molar-refractivity contribution >= 4 is 50.3 Å². The topological polar surface area (TPSA) is 166 Å². The van der Waals surface area contributed by atoms with E-state index >= 15 is 0 Å². The van der Waals surface area contributed by atoms with E-state index in [0.29, 0.717) is 0 Å². The average molecular weight is 482 g/mol. The van der Waals surface area contributed by atoms with E-state index in [-0.39, 0.29) is 15.8 Å². The van der Waals surface area contributed by atoms with Gasteiger partial charge in [0.15, 0.2) is 11.8 Å². The normalized spacial score (nSPS) is 13.8. The fraction of sp³-hybridized carbons (Fsp3) is 0.0769. The van der Waals surface area contributed by atoms with Gasteiger partial charge in [-0.25, -0.2) is 9.36 Å². The number of carboxylic acid groups (broad SMARTS) is 1. The zero-order chi connectivity index (χ0) is 19.0. The second-order valence-electron chi connectivity index (χ2n) is 4.73. The molecule has 0 saturated heterocycles. The Morgan fingerprint density at radius 2 is 1.60 bits per heavy atom. The number of carbonyl (C=O) groups excluding carboxylic acids is 1. The van der Waals surface area contributed by atoms with Gasteiger partial charge in [0, 0.05) is 12.1 Å². The molecule has 1 amide bonds. The van der Waals surface area contributed by atoms with Gasteiger partial charge in [-0.3, -0.25) is 9.35 Å². The third kappa shape index (κ3) is 3.27. The molecule has 2 aromatic rings. The number of para-hydroxylation sites is 1. The number of halogens is 1. The van der Waals surface area contributed by atoms with Gasteiger partial charge in [0.2, 0.25) is 0 Å². The van der Waals surface area contributed by atoms with Crippen LogP contribution in [0.3, 0.4) is 0 Å². The van der Waals surface area contributed by atoms with Gasteiger partial charge in [-0.1, -0.05) is 12.1 Å². The summed E-state index contributed by atoms with van der Waals surface area (Å²) in [7, 11) is -5.21. The molecule has 5 N–H and O–H groups in total. The summed E-state index contributed by atoms with van der Waals surface area (Å²) in [6.45, 7) is 0. The van der Waals surface area contributed by atoms with Crippen LogP contribution in [0.4, 0.5) is 5.69 Å². The van der Waals surface area contributed by atoms with E-state index in [1.807, 2.05) is 0 Å². The molecule has 12 heteroatoms. The smallest absolute Gasteiger partial charge is 0.337 e. The summed E-state index contributed by atoms with van der Waals surface area (Å²) in [5.41, 5.74) is -0.568.